The van der Waals surface area contributed by atoms with Crippen LogP contribution in [0.5, 0.6) is 0 Å². The normalized spacial score (nSPS) is 22.0. The molecule has 2 unspecified atom stereocenters. The summed E-state index contributed by atoms with van der Waals surface area (Å²) in [6, 6.07) is 13.5. The molecule has 180 valence electrons. The average molecular weight is 507 g/mol. The Morgan fingerprint density at radius 3 is 2.54 bits per heavy atom. The van der Waals surface area contributed by atoms with Gasteiger partial charge in [-0.15, -0.1) is 0 Å². The lowest BCUT2D eigenvalue weighted by atomic mass is 10.1. The molecular formula is C26H26N4O3S2. The number of anilines is 1. The maximum Gasteiger partial charge on any atom is 0.267 e. The maximum absolute atomic E-state index is 13.7. The third-order valence-corrected chi connectivity index (χ3v) is 7.41. The molecule has 0 bridgehead atoms. The number of ether oxygens (including phenoxy) is 1. The molecular weight excluding hydrogens is 480 g/mol. The van der Waals surface area contributed by atoms with E-state index >= 15 is 0 Å². The van der Waals surface area contributed by atoms with E-state index in [0.29, 0.717) is 45.9 Å². The smallest absolute Gasteiger partial charge is 0.267 e. The van der Waals surface area contributed by atoms with E-state index in [4.69, 9.17) is 21.9 Å². The molecule has 0 spiro atoms. The van der Waals surface area contributed by atoms with Crippen LogP contribution in [0.4, 0.5) is 5.82 Å². The Morgan fingerprint density at radius 1 is 1.11 bits per heavy atom. The molecule has 4 heterocycles. The minimum Gasteiger partial charge on any atom is -0.372 e. The van der Waals surface area contributed by atoms with Crippen LogP contribution >= 0.6 is 24.0 Å². The van der Waals surface area contributed by atoms with Crippen molar-refractivity contribution in [1.29, 1.82) is 0 Å². The van der Waals surface area contributed by atoms with Crippen molar-refractivity contribution in [2.45, 2.75) is 39.5 Å². The number of fused-ring (bicyclic) bond motifs is 1. The summed E-state index contributed by atoms with van der Waals surface area (Å²) in [4.78, 5) is 36.0. The molecule has 2 aromatic heterocycles. The van der Waals surface area contributed by atoms with Crippen LogP contribution in [0.25, 0.3) is 11.7 Å². The van der Waals surface area contributed by atoms with Gasteiger partial charge in [-0.25, -0.2) is 4.98 Å². The number of nitrogens with zero attached hydrogens (tertiary/aromatic N) is 4. The summed E-state index contributed by atoms with van der Waals surface area (Å²) in [5.41, 5.74) is 2.67. The van der Waals surface area contributed by atoms with Crippen molar-refractivity contribution in [3.8, 4) is 0 Å². The van der Waals surface area contributed by atoms with E-state index in [1.807, 2.05) is 63.2 Å². The van der Waals surface area contributed by atoms with E-state index in [1.165, 1.54) is 11.8 Å². The molecule has 0 saturated carbocycles. The van der Waals surface area contributed by atoms with E-state index in [1.54, 1.807) is 21.6 Å². The summed E-state index contributed by atoms with van der Waals surface area (Å²) in [6.45, 7) is 7.55. The molecule has 0 radical (unpaired) electrons. The number of thiocarbonyl (C=S) groups is 1. The molecule has 2 saturated heterocycles. The van der Waals surface area contributed by atoms with Crippen LogP contribution in [0.2, 0.25) is 0 Å². The number of aromatic nitrogens is 2. The van der Waals surface area contributed by atoms with Gasteiger partial charge in [0.25, 0.3) is 11.5 Å². The zero-order chi connectivity index (χ0) is 24.7. The van der Waals surface area contributed by atoms with Crippen molar-refractivity contribution in [1.82, 2.24) is 14.3 Å². The number of aryl methyl sites for hydroxylation is 1. The van der Waals surface area contributed by atoms with Crippen LogP contribution in [0.1, 0.15) is 30.5 Å². The second kappa shape index (κ2) is 9.56. The van der Waals surface area contributed by atoms with Crippen molar-refractivity contribution in [2.75, 3.05) is 18.0 Å². The number of hydrogen-bond acceptors (Lipinski definition) is 7. The number of pyridine rings is 1. The fourth-order valence-electron chi connectivity index (χ4n) is 4.50. The summed E-state index contributed by atoms with van der Waals surface area (Å²) in [5.74, 6) is 0.362. The predicted octanol–water partition coefficient (Wildman–Crippen LogP) is 4.02. The quantitative estimate of drug-likeness (QED) is 0.391. The van der Waals surface area contributed by atoms with Gasteiger partial charge >= 0.3 is 0 Å². The van der Waals surface area contributed by atoms with Gasteiger partial charge in [0.05, 0.1) is 29.2 Å². The van der Waals surface area contributed by atoms with Gasteiger partial charge < -0.3 is 9.64 Å². The summed E-state index contributed by atoms with van der Waals surface area (Å²) in [5, 5.41) is 0. The minimum atomic E-state index is -0.214. The van der Waals surface area contributed by atoms with Crippen LogP contribution in [-0.2, 0) is 16.1 Å². The first kappa shape index (κ1) is 23.7. The molecule has 1 amide bonds. The molecule has 3 aromatic rings. The van der Waals surface area contributed by atoms with Gasteiger partial charge in [-0.05, 0) is 44.0 Å². The number of carbonyl (C=O) groups is 1. The highest BCUT2D eigenvalue weighted by Gasteiger charge is 2.33. The van der Waals surface area contributed by atoms with E-state index in [0.717, 1.165) is 11.1 Å². The Bertz CT molecular complexity index is 1390. The number of amides is 1. The average Bonchev–Trinajstić information content (AvgIpc) is 3.08. The Hall–Kier alpha value is -3.01. The third kappa shape index (κ3) is 4.76. The highest BCUT2D eigenvalue weighted by molar-refractivity contribution is 8.26. The Labute approximate surface area is 213 Å². The van der Waals surface area contributed by atoms with E-state index in [-0.39, 0.29) is 23.7 Å². The summed E-state index contributed by atoms with van der Waals surface area (Å²) >= 11 is 6.75. The van der Waals surface area contributed by atoms with Crippen LogP contribution in [0.15, 0.2) is 58.4 Å². The number of benzene rings is 1. The van der Waals surface area contributed by atoms with Crippen LogP contribution in [-0.4, -0.2) is 49.8 Å². The van der Waals surface area contributed by atoms with Gasteiger partial charge in [0, 0.05) is 19.3 Å². The van der Waals surface area contributed by atoms with Gasteiger partial charge in [0.1, 0.15) is 15.8 Å². The first-order valence-electron chi connectivity index (χ1n) is 11.5. The lowest BCUT2D eigenvalue weighted by Gasteiger charge is -2.36. The lowest BCUT2D eigenvalue weighted by Crippen LogP contribution is -2.46. The van der Waals surface area contributed by atoms with Crippen LogP contribution < -0.4 is 10.5 Å². The fraction of sp³-hybridized carbons (Fsp3) is 0.308. The van der Waals surface area contributed by atoms with E-state index in [2.05, 4.69) is 4.90 Å². The van der Waals surface area contributed by atoms with Crippen LogP contribution in [0.3, 0.4) is 0 Å². The van der Waals surface area contributed by atoms with Gasteiger partial charge in [-0.3, -0.25) is 18.9 Å². The van der Waals surface area contributed by atoms with Gasteiger partial charge in [-0.1, -0.05) is 60.4 Å². The summed E-state index contributed by atoms with van der Waals surface area (Å²) in [7, 11) is 0. The Kier molecular flexibility index (Phi) is 6.48. The molecule has 5 rings (SSSR count). The predicted molar refractivity (Wildman–Crippen MR) is 144 cm³/mol. The second-order valence-electron chi connectivity index (χ2n) is 9.00. The lowest BCUT2D eigenvalue weighted by molar-refractivity contribution is -0.122. The van der Waals surface area contributed by atoms with Crippen LogP contribution in [0, 0.1) is 6.92 Å². The zero-order valence-corrected chi connectivity index (χ0v) is 21.4. The number of morpholine rings is 1. The number of hydrogen-bond donors (Lipinski definition) is 0. The highest BCUT2D eigenvalue weighted by atomic mass is 32.2. The number of rotatable bonds is 4. The van der Waals surface area contributed by atoms with E-state index < -0.39 is 0 Å². The minimum absolute atomic E-state index is 0.00560. The first-order valence-corrected chi connectivity index (χ1v) is 12.8. The number of thioether (sulfide) groups is 1. The molecule has 2 aliphatic heterocycles. The Morgan fingerprint density at radius 2 is 1.83 bits per heavy atom. The monoisotopic (exact) mass is 506 g/mol. The van der Waals surface area contributed by atoms with Gasteiger partial charge in [-0.2, -0.15) is 0 Å². The molecule has 1 aromatic carbocycles. The largest absolute Gasteiger partial charge is 0.372 e. The standard InChI is InChI=1S/C26H26N4O3S2/c1-16-9-10-22-27-23(28-13-17(2)33-18(3)14-28)20(24(31)29(22)12-16)11-21-25(32)30(26(34)35-21)15-19-7-5-4-6-8-19/h4-12,17-18H,13-15H2,1-3H3. The third-order valence-electron chi connectivity index (χ3n) is 6.04. The van der Waals surface area contributed by atoms with Crippen molar-refractivity contribution in [3.63, 3.8) is 0 Å². The second-order valence-corrected chi connectivity index (χ2v) is 10.7. The molecule has 2 atom stereocenters. The summed E-state index contributed by atoms with van der Waals surface area (Å²) < 4.78 is 7.92. The summed E-state index contributed by atoms with van der Waals surface area (Å²) in [6.07, 6.45) is 3.42. The molecule has 0 N–H and O–H groups in total. The molecule has 7 nitrogen and oxygen atoms in total. The molecule has 9 heteroatoms. The Balaban J connectivity index is 1.59. The van der Waals surface area contributed by atoms with Gasteiger partial charge in [0.15, 0.2) is 0 Å². The van der Waals surface area contributed by atoms with Crippen molar-refractivity contribution < 1.29 is 9.53 Å². The zero-order valence-electron chi connectivity index (χ0n) is 19.8. The molecule has 0 aliphatic carbocycles. The fourth-order valence-corrected chi connectivity index (χ4v) is 5.74. The molecule has 35 heavy (non-hydrogen) atoms. The van der Waals surface area contributed by atoms with Crippen molar-refractivity contribution in [3.05, 3.63) is 80.6 Å². The van der Waals surface area contributed by atoms with Crippen molar-refractivity contribution in [2.24, 2.45) is 0 Å². The SMILES string of the molecule is Cc1ccc2nc(N3CC(C)OC(C)C3)c(C=C3SC(=S)N(Cc4ccccc4)C3=O)c(=O)n2c1. The molecule has 2 fully saturated rings. The number of carbonyl (C=O) groups excluding carboxylic acids is 1. The first-order chi connectivity index (χ1) is 16.8. The highest BCUT2D eigenvalue weighted by Crippen LogP contribution is 2.34. The maximum atomic E-state index is 13.7. The molecule has 2 aliphatic rings. The topological polar surface area (TPSA) is 67.2 Å². The van der Waals surface area contributed by atoms with Gasteiger partial charge in [0.2, 0.25) is 0 Å². The van der Waals surface area contributed by atoms with Crippen molar-refractivity contribution >= 4 is 51.7 Å². The van der Waals surface area contributed by atoms with E-state index in [9.17, 15) is 9.59 Å².